The smallest absolute Gasteiger partial charge is 0.323 e. The highest BCUT2D eigenvalue weighted by molar-refractivity contribution is 8.16. The van der Waals surface area contributed by atoms with Crippen molar-refractivity contribution in [1.82, 2.24) is 20.5 Å². The Kier molecular flexibility index (Phi) is 7.88. The summed E-state index contributed by atoms with van der Waals surface area (Å²) in [6.07, 6.45) is 4.25. The number of allylic oxidation sites excluding steroid dienone is 1. The van der Waals surface area contributed by atoms with Gasteiger partial charge in [-0.25, -0.2) is 4.79 Å². The number of nitrogens with one attached hydrogen (secondary N) is 3. The number of carbonyl (C=O) groups excluding carboxylic acids is 3. The average molecular weight is 532 g/mol. The lowest BCUT2D eigenvalue weighted by Crippen LogP contribution is -2.54. The molecular formula is C28H29N5O4S. The van der Waals surface area contributed by atoms with E-state index in [9.17, 15) is 14.4 Å². The molecule has 2 atom stereocenters. The number of urea groups is 1. The molecule has 1 aromatic heterocycles. The number of aromatic nitrogens is 1. The Morgan fingerprint density at radius 3 is 2.76 bits per heavy atom. The van der Waals surface area contributed by atoms with E-state index < -0.39 is 17.5 Å². The monoisotopic (exact) mass is 531 g/mol. The summed E-state index contributed by atoms with van der Waals surface area (Å²) in [4.78, 5) is 44.1. The molecule has 10 heteroatoms. The van der Waals surface area contributed by atoms with E-state index in [1.165, 1.54) is 23.8 Å². The van der Waals surface area contributed by atoms with E-state index in [-0.39, 0.29) is 24.9 Å². The normalized spacial score (nSPS) is 19.3. The first-order chi connectivity index (χ1) is 18.2. The van der Waals surface area contributed by atoms with Crippen LogP contribution >= 0.6 is 11.8 Å². The number of imide groups is 1. The number of carbonyl (C=O) groups is 3. The molecule has 2 aliphatic rings. The third-order valence-electron chi connectivity index (χ3n) is 6.56. The molecule has 0 radical (unpaired) electrons. The highest BCUT2D eigenvalue weighted by Gasteiger charge is 2.48. The van der Waals surface area contributed by atoms with Crippen molar-refractivity contribution in [3.05, 3.63) is 64.3 Å². The predicted molar refractivity (Wildman–Crippen MR) is 147 cm³/mol. The van der Waals surface area contributed by atoms with Crippen LogP contribution in [0.4, 0.5) is 4.79 Å². The fourth-order valence-corrected chi connectivity index (χ4v) is 4.97. The zero-order valence-electron chi connectivity index (χ0n) is 21.7. The molecule has 4 amide bonds. The highest BCUT2D eigenvalue weighted by atomic mass is 32.2. The summed E-state index contributed by atoms with van der Waals surface area (Å²) in [5.74, 6) is 5.86. The number of hydrogen-bond donors (Lipinski definition) is 3. The van der Waals surface area contributed by atoms with Gasteiger partial charge >= 0.3 is 6.03 Å². The van der Waals surface area contributed by atoms with Gasteiger partial charge in [0.05, 0.1) is 18.7 Å². The zero-order chi connectivity index (χ0) is 27.4. The van der Waals surface area contributed by atoms with E-state index in [1.54, 1.807) is 31.5 Å². The lowest BCUT2D eigenvalue weighted by Gasteiger charge is -2.26. The van der Waals surface area contributed by atoms with E-state index in [0.717, 1.165) is 23.1 Å². The van der Waals surface area contributed by atoms with Gasteiger partial charge in [0.25, 0.3) is 11.8 Å². The Hall–Kier alpha value is -4.10. The summed E-state index contributed by atoms with van der Waals surface area (Å²) < 4.78 is 5.23. The van der Waals surface area contributed by atoms with Crippen LogP contribution in [0, 0.1) is 23.2 Å². The molecule has 3 N–H and O–H groups in total. The Labute approximate surface area is 225 Å². The number of benzene rings is 1. The largest absolute Gasteiger partial charge is 0.497 e. The first-order valence-corrected chi connectivity index (χ1v) is 13.0. The molecule has 9 nitrogen and oxygen atoms in total. The van der Waals surface area contributed by atoms with E-state index in [0.29, 0.717) is 21.9 Å². The van der Waals surface area contributed by atoms with Crippen molar-refractivity contribution in [1.29, 1.82) is 5.41 Å². The van der Waals surface area contributed by atoms with Crippen LogP contribution < -0.4 is 15.4 Å². The average Bonchev–Trinajstić information content (AvgIpc) is 3.36. The number of hydrogen-bond acceptors (Lipinski definition) is 7. The van der Waals surface area contributed by atoms with Crippen LogP contribution in [0.25, 0.3) is 5.57 Å². The first-order valence-electron chi connectivity index (χ1n) is 12.2. The molecule has 2 aromatic rings. The molecule has 2 unspecified atom stereocenters. The molecule has 1 aromatic carbocycles. The molecule has 0 spiro atoms. The lowest BCUT2D eigenvalue weighted by molar-refractivity contribution is -0.122. The maximum absolute atomic E-state index is 13.1. The summed E-state index contributed by atoms with van der Waals surface area (Å²) >= 11 is 1.34. The summed E-state index contributed by atoms with van der Waals surface area (Å²) in [5.41, 5.74) is 2.16. The van der Waals surface area contributed by atoms with Crippen molar-refractivity contribution in [2.75, 3.05) is 13.7 Å². The minimum Gasteiger partial charge on any atom is -0.497 e. The Bertz CT molecular complexity index is 1410. The standard InChI is InChI=1S/C28H29N5O4S/c1-5-17(2)24(15-38-18(3)29)21-10-19(12-30-13-21)8-9-28(26(35)31-27(36)32-28)16-33-14-20-6-7-22(37-4)11-23(20)25(33)34/h6-7,10-13,15,17,29H,5,14,16H2,1-4H3,(H2,31,32,35,36). The van der Waals surface area contributed by atoms with Crippen LogP contribution in [0.15, 0.2) is 42.1 Å². The molecular weight excluding hydrogens is 502 g/mol. The Morgan fingerprint density at radius 1 is 1.32 bits per heavy atom. The van der Waals surface area contributed by atoms with Crippen molar-refractivity contribution in [3.63, 3.8) is 0 Å². The predicted octanol–water partition coefficient (Wildman–Crippen LogP) is 3.79. The van der Waals surface area contributed by atoms with E-state index >= 15 is 0 Å². The van der Waals surface area contributed by atoms with Crippen molar-refractivity contribution in [2.24, 2.45) is 5.92 Å². The van der Waals surface area contributed by atoms with Gasteiger partial charge in [-0.15, -0.1) is 0 Å². The van der Waals surface area contributed by atoms with Crippen molar-refractivity contribution >= 4 is 40.2 Å². The van der Waals surface area contributed by atoms with Crippen molar-refractivity contribution < 1.29 is 19.1 Å². The summed E-state index contributed by atoms with van der Waals surface area (Å²) in [7, 11) is 1.53. The van der Waals surface area contributed by atoms with Crippen molar-refractivity contribution in [3.8, 4) is 17.6 Å². The van der Waals surface area contributed by atoms with Gasteiger partial charge in [-0.05, 0) is 59.6 Å². The van der Waals surface area contributed by atoms with Crippen LogP contribution in [0.2, 0.25) is 0 Å². The Balaban J connectivity index is 1.65. The van der Waals surface area contributed by atoms with Crippen LogP contribution in [-0.2, 0) is 11.3 Å². The second-order valence-corrected chi connectivity index (χ2v) is 10.4. The van der Waals surface area contributed by atoms with Gasteiger partial charge in [-0.3, -0.25) is 25.3 Å². The van der Waals surface area contributed by atoms with Gasteiger partial charge in [-0.2, -0.15) is 0 Å². The van der Waals surface area contributed by atoms with Crippen LogP contribution in [0.3, 0.4) is 0 Å². The maximum atomic E-state index is 13.1. The topological polar surface area (TPSA) is 124 Å². The first kappa shape index (κ1) is 26.9. The number of nitrogens with zero attached hydrogens (tertiary/aromatic N) is 2. The highest BCUT2D eigenvalue weighted by Crippen LogP contribution is 2.30. The van der Waals surface area contributed by atoms with Crippen LogP contribution in [-0.4, -0.2) is 52.0 Å². The summed E-state index contributed by atoms with van der Waals surface area (Å²) in [6.45, 7) is 6.10. The molecule has 196 valence electrons. The number of rotatable bonds is 7. The number of amides is 4. The summed E-state index contributed by atoms with van der Waals surface area (Å²) in [6, 6.07) is 6.47. The molecule has 1 fully saturated rings. The number of ether oxygens (including phenoxy) is 1. The van der Waals surface area contributed by atoms with Gasteiger partial charge in [0.2, 0.25) is 5.54 Å². The second kappa shape index (κ2) is 11.1. The lowest BCUT2D eigenvalue weighted by atomic mass is 9.93. The van der Waals surface area contributed by atoms with Crippen molar-refractivity contribution in [2.45, 2.75) is 39.3 Å². The fraction of sp³-hybridized carbons (Fsp3) is 0.321. The molecule has 38 heavy (non-hydrogen) atoms. The van der Waals surface area contributed by atoms with E-state index in [1.807, 2.05) is 17.5 Å². The number of thioether (sulfide) groups is 1. The minimum atomic E-state index is -1.61. The van der Waals surface area contributed by atoms with E-state index in [4.69, 9.17) is 10.1 Å². The molecule has 2 aliphatic heterocycles. The third kappa shape index (κ3) is 5.58. The number of pyridine rings is 1. The van der Waals surface area contributed by atoms with Gasteiger partial charge < -0.3 is 15.0 Å². The molecule has 3 heterocycles. The van der Waals surface area contributed by atoms with Gasteiger partial charge in [0.15, 0.2) is 0 Å². The van der Waals surface area contributed by atoms with Gasteiger partial charge in [0, 0.05) is 30.1 Å². The van der Waals surface area contributed by atoms with Gasteiger partial charge in [-0.1, -0.05) is 43.5 Å². The quantitative estimate of drug-likeness (QED) is 0.216. The molecule has 0 saturated carbocycles. The maximum Gasteiger partial charge on any atom is 0.323 e. The molecule has 0 bridgehead atoms. The van der Waals surface area contributed by atoms with E-state index in [2.05, 4.69) is 41.3 Å². The summed E-state index contributed by atoms with van der Waals surface area (Å²) in [5, 5.41) is 15.1. The third-order valence-corrected chi connectivity index (χ3v) is 7.29. The van der Waals surface area contributed by atoms with Gasteiger partial charge in [0.1, 0.15) is 5.75 Å². The molecule has 1 saturated heterocycles. The Morgan fingerprint density at radius 2 is 2.11 bits per heavy atom. The SMILES string of the molecule is CCC(C)C(=CSC(C)=N)c1cncc(C#CC2(CN3Cc4ccc(OC)cc4C3=O)NC(=O)NC2=O)c1. The second-order valence-electron chi connectivity index (χ2n) is 9.27. The fourth-order valence-electron chi connectivity index (χ4n) is 4.30. The molecule has 0 aliphatic carbocycles. The number of fused-ring (bicyclic) bond motifs is 1. The zero-order valence-corrected chi connectivity index (χ0v) is 22.5. The van der Waals surface area contributed by atoms with Crippen LogP contribution in [0.5, 0.6) is 5.75 Å². The van der Waals surface area contributed by atoms with Crippen LogP contribution in [0.1, 0.15) is 54.2 Å². The molecule has 4 rings (SSSR count). The minimum absolute atomic E-state index is 0.117. The number of methoxy groups -OCH3 is 1.